The molecule has 3 atom stereocenters. The van der Waals surface area contributed by atoms with Crippen LogP contribution in [0.2, 0.25) is 0 Å². The normalized spacial score (nSPS) is 23.6. The Morgan fingerprint density at radius 3 is 2.65 bits per heavy atom. The lowest BCUT2D eigenvalue weighted by Crippen LogP contribution is -2.44. The highest BCUT2D eigenvalue weighted by Crippen LogP contribution is 2.25. The lowest BCUT2D eigenvalue weighted by atomic mass is 10.1. The molecule has 0 spiro atoms. The van der Waals surface area contributed by atoms with Crippen LogP contribution < -0.4 is 10.6 Å². The molecule has 0 radical (unpaired) electrons. The number of hydrogen-bond acceptors (Lipinski definition) is 3. The SMILES string of the molecule is CCC(C)N(C)CCNC(=O)NC1CCC(C(=O)O)C1. The molecule has 1 saturated carbocycles. The van der Waals surface area contributed by atoms with E-state index in [1.807, 2.05) is 7.05 Å². The summed E-state index contributed by atoms with van der Waals surface area (Å²) in [7, 11) is 2.04. The van der Waals surface area contributed by atoms with Crippen molar-refractivity contribution in [2.75, 3.05) is 20.1 Å². The summed E-state index contributed by atoms with van der Waals surface area (Å²) in [5, 5.41) is 14.6. The van der Waals surface area contributed by atoms with E-state index in [1.54, 1.807) is 0 Å². The maximum atomic E-state index is 11.7. The number of nitrogens with zero attached hydrogens (tertiary/aromatic N) is 1. The molecule has 116 valence electrons. The minimum Gasteiger partial charge on any atom is -0.481 e. The van der Waals surface area contributed by atoms with Crippen LogP contribution in [0.4, 0.5) is 4.79 Å². The van der Waals surface area contributed by atoms with Crippen LogP contribution in [-0.4, -0.2) is 54.2 Å². The fourth-order valence-corrected chi connectivity index (χ4v) is 2.45. The van der Waals surface area contributed by atoms with Gasteiger partial charge in [0, 0.05) is 25.2 Å². The number of urea groups is 1. The summed E-state index contributed by atoms with van der Waals surface area (Å²) in [6.07, 6.45) is 3.02. The van der Waals surface area contributed by atoms with Crippen molar-refractivity contribution in [1.29, 1.82) is 0 Å². The number of likely N-dealkylation sites (N-methyl/N-ethyl adjacent to an activating group) is 1. The lowest BCUT2D eigenvalue weighted by Gasteiger charge is -2.23. The molecule has 3 unspecified atom stereocenters. The van der Waals surface area contributed by atoms with Gasteiger partial charge in [0.2, 0.25) is 0 Å². The second-order valence-electron chi connectivity index (χ2n) is 5.68. The molecule has 0 aromatic rings. The first-order valence-electron chi connectivity index (χ1n) is 7.41. The van der Waals surface area contributed by atoms with Crippen molar-refractivity contribution >= 4 is 12.0 Å². The first kappa shape index (κ1) is 16.8. The summed E-state index contributed by atoms with van der Waals surface area (Å²) < 4.78 is 0. The fourth-order valence-electron chi connectivity index (χ4n) is 2.45. The van der Waals surface area contributed by atoms with Crippen LogP contribution in [0.5, 0.6) is 0 Å². The van der Waals surface area contributed by atoms with E-state index in [9.17, 15) is 9.59 Å². The van der Waals surface area contributed by atoms with Crippen LogP contribution in [0.25, 0.3) is 0 Å². The van der Waals surface area contributed by atoms with Gasteiger partial charge in [-0.15, -0.1) is 0 Å². The number of hydrogen-bond donors (Lipinski definition) is 3. The molecule has 1 rings (SSSR count). The van der Waals surface area contributed by atoms with Crippen molar-refractivity contribution in [3.05, 3.63) is 0 Å². The standard InChI is InChI=1S/C14H27N3O3/c1-4-10(2)17(3)8-7-15-14(20)16-12-6-5-11(9-12)13(18)19/h10-12H,4-9H2,1-3H3,(H,18,19)(H2,15,16,20). The summed E-state index contributed by atoms with van der Waals surface area (Å²) in [6, 6.07) is 0.299. The van der Waals surface area contributed by atoms with Crippen molar-refractivity contribution < 1.29 is 14.7 Å². The van der Waals surface area contributed by atoms with Crippen LogP contribution >= 0.6 is 0 Å². The molecule has 2 amide bonds. The zero-order valence-corrected chi connectivity index (χ0v) is 12.7. The Labute approximate surface area is 120 Å². The van der Waals surface area contributed by atoms with Crippen LogP contribution in [0.3, 0.4) is 0 Å². The first-order chi connectivity index (χ1) is 9.43. The fraction of sp³-hybridized carbons (Fsp3) is 0.857. The van der Waals surface area contributed by atoms with E-state index in [1.165, 1.54) is 0 Å². The summed E-state index contributed by atoms with van der Waals surface area (Å²) in [5.74, 6) is -1.07. The van der Waals surface area contributed by atoms with Crippen molar-refractivity contribution in [1.82, 2.24) is 15.5 Å². The van der Waals surface area contributed by atoms with E-state index in [0.717, 1.165) is 19.4 Å². The van der Waals surface area contributed by atoms with Gasteiger partial charge in [-0.05, 0) is 39.7 Å². The summed E-state index contributed by atoms with van der Waals surface area (Å²) in [6.45, 7) is 5.71. The number of aliphatic carboxylic acids is 1. The van der Waals surface area contributed by atoms with E-state index < -0.39 is 5.97 Å². The Hall–Kier alpha value is -1.30. The molecule has 0 aromatic heterocycles. The van der Waals surface area contributed by atoms with Gasteiger partial charge in [-0.2, -0.15) is 0 Å². The van der Waals surface area contributed by atoms with Gasteiger partial charge in [-0.3, -0.25) is 4.79 Å². The van der Waals surface area contributed by atoms with Gasteiger partial charge in [-0.1, -0.05) is 6.92 Å². The third-order valence-corrected chi connectivity index (χ3v) is 4.21. The molecule has 1 aliphatic rings. The maximum absolute atomic E-state index is 11.7. The highest BCUT2D eigenvalue weighted by molar-refractivity contribution is 5.75. The average Bonchev–Trinajstić information content (AvgIpc) is 2.86. The lowest BCUT2D eigenvalue weighted by molar-refractivity contribution is -0.141. The molecule has 6 heteroatoms. The monoisotopic (exact) mass is 285 g/mol. The highest BCUT2D eigenvalue weighted by Gasteiger charge is 2.30. The Morgan fingerprint density at radius 1 is 1.40 bits per heavy atom. The smallest absolute Gasteiger partial charge is 0.315 e. The summed E-state index contributed by atoms with van der Waals surface area (Å²) >= 11 is 0. The molecule has 20 heavy (non-hydrogen) atoms. The van der Waals surface area contributed by atoms with E-state index >= 15 is 0 Å². The summed E-state index contributed by atoms with van der Waals surface area (Å²) in [5.41, 5.74) is 0. The Bertz CT molecular complexity index is 336. The largest absolute Gasteiger partial charge is 0.481 e. The Morgan fingerprint density at radius 2 is 2.10 bits per heavy atom. The number of carboxylic acid groups (broad SMARTS) is 1. The van der Waals surface area contributed by atoms with Gasteiger partial charge >= 0.3 is 12.0 Å². The predicted molar refractivity (Wildman–Crippen MR) is 77.7 cm³/mol. The number of rotatable bonds is 7. The minimum atomic E-state index is -0.759. The van der Waals surface area contributed by atoms with Crippen molar-refractivity contribution in [2.45, 2.75) is 51.6 Å². The third-order valence-electron chi connectivity index (χ3n) is 4.21. The molecule has 0 aliphatic heterocycles. The second kappa shape index (κ2) is 8.09. The molecule has 0 saturated heterocycles. The van der Waals surface area contributed by atoms with E-state index in [-0.39, 0.29) is 18.0 Å². The number of carbonyl (C=O) groups is 2. The quantitative estimate of drug-likeness (QED) is 0.658. The van der Waals surface area contributed by atoms with Crippen molar-refractivity contribution in [2.24, 2.45) is 5.92 Å². The molecule has 1 fully saturated rings. The maximum Gasteiger partial charge on any atom is 0.315 e. The van der Waals surface area contributed by atoms with Crippen LogP contribution in [0.15, 0.2) is 0 Å². The van der Waals surface area contributed by atoms with Crippen molar-refractivity contribution in [3.63, 3.8) is 0 Å². The van der Waals surface area contributed by atoms with Gasteiger partial charge in [0.05, 0.1) is 5.92 Å². The number of carboxylic acids is 1. The van der Waals surface area contributed by atoms with Gasteiger partial charge in [0.25, 0.3) is 0 Å². The second-order valence-corrected chi connectivity index (χ2v) is 5.68. The van der Waals surface area contributed by atoms with Gasteiger partial charge in [-0.25, -0.2) is 4.79 Å². The molecular weight excluding hydrogens is 258 g/mol. The summed E-state index contributed by atoms with van der Waals surface area (Å²) in [4.78, 5) is 24.8. The minimum absolute atomic E-state index is 0.0107. The number of carbonyl (C=O) groups excluding carboxylic acids is 1. The number of nitrogens with one attached hydrogen (secondary N) is 2. The van der Waals surface area contributed by atoms with Gasteiger partial charge < -0.3 is 20.6 Å². The third kappa shape index (κ3) is 5.36. The van der Waals surface area contributed by atoms with Gasteiger partial charge in [0.15, 0.2) is 0 Å². The first-order valence-corrected chi connectivity index (χ1v) is 7.41. The molecule has 1 aliphatic carbocycles. The average molecular weight is 285 g/mol. The topological polar surface area (TPSA) is 81.7 Å². The molecule has 0 bridgehead atoms. The van der Waals surface area contributed by atoms with Crippen LogP contribution in [-0.2, 0) is 4.79 Å². The van der Waals surface area contributed by atoms with Crippen LogP contribution in [0, 0.1) is 5.92 Å². The Balaban J connectivity index is 2.17. The Kier molecular flexibility index (Phi) is 6.78. The highest BCUT2D eigenvalue weighted by atomic mass is 16.4. The van der Waals surface area contributed by atoms with Gasteiger partial charge in [0.1, 0.15) is 0 Å². The molecule has 6 nitrogen and oxygen atoms in total. The van der Waals surface area contributed by atoms with Crippen LogP contribution in [0.1, 0.15) is 39.5 Å². The molecule has 3 N–H and O–H groups in total. The van der Waals surface area contributed by atoms with E-state index in [0.29, 0.717) is 25.4 Å². The zero-order chi connectivity index (χ0) is 15.1. The molecule has 0 aromatic carbocycles. The molecular formula is C14H27N3O3. The van der Waals surface area contributed by atoms with E-state index in [2.05, 4.69) is 29.4 Å². The zero-order valence-electron chi connectivity index (χ0n) is 12.7. The van der Waals surface area contributed by atoms with E-state index in [4.69, 9.17) is 5.11 Å². The molecule has 0 heterocycles. The number of amides is 2. The van der Waals surface area contributed by atoms with Crippen molar-refractivity contribution in [3.8, 4) is 0 Å². The predicted octanol–water partition coefficient (Wildman–Crippen LogP) is 1.27.